The number of unbranched alkanes of at least 4 members (excludes halogenated alkanes) is 3. The Hall–Kier alpha value is -1.15. The molecule has 0 N–H and O–H groups in total. The maximum absolute atomic E-state index is 4.61. The molecule has 2 rings (SSSR count). The van der Waals surface area contributed by atoms with Crippen LogP contribution in [-0.4, -0.2) is 4.98 Å². The van der Waals surface area contributed by atoms with E-state index in [4.69, 9.17) is 0 Å². The molecule has 0 spiro atoms. The van der Waals surface area contributed by atoms with Crippen LogP contribution in [-0.2, 0) is 6.42 Å². The summed E-state index contributed by atoms with van der Waals surface area (Å²) in [6, 6.07) is 8.52. The van der Waals surface area contributed by atoms with Crippen molar-refractivity contribution in [1.82, 2.24) is 4.98 Å². The molecule has 0 saturated carbocycles. The van der Waals surface area contributed by atoms with Gasteiger partial charge in [0.05, 0.1) is 5.52 Å². The summed E-state index contributed by atoms with van der Waals surface area (Å²) in [6.45, 7) is 4.52. The van der Waals surface area contributed by atoms with Crippen LogP contribution in [0.1, 0.15) is 57.9 Å². The SMILES string of the molecule is CCCC/C=C(\CCCC)Cc1ccc(Br)c2cccnc12. The van der Waals surface area contributed by atoms with Crippen molar-refractivity contribution in [3.63, 3.8) is 0 Å². The van der Waals surface area contributed by atoms with Crippen molar-refractivity contribution in [1.29, 1.82) is 0 Å². The average molecular weight is 360 g/mol. The first-order chi connectivity index (χ1) is 10.8. The first kappa shape index (κ1) is 17.2. The van der Waals surface area contributed by atoms with Gasteiger partial charge in [0.15, 0.2) is 0 Å². The van der Waals surface area contributed by atoms with Gasteiger partial charge < -0.3 is 0 Å². The van der Waals surface area contributed by atoms with Crippen LogP contribution >= 0.6 is 15.9 Å². The van der Waals surface area contributed by atoms with Gasteiger partial charge >= 0.3 is 0 Å². The molecule has 0 bridgehead atoms. The van der Waals surface area contributed by atoms with E-state index in [1.807, 2.05) is 12.3 Å². The molecule has 1 aromatic heterocycles. The van der Waals surface area contributed by atoms with Gasteiger partial charge in [0.2, 0.25) is 0 Å². The van der Waals surface area contributed by atoms with E-state index in [2.05, 4.69) is 59.0 Å². The van der Waals surface area contributed by atoms with Gasteiger partial charge in [-0.3, -0.25) is 4.98 Å². The number of pyridine rings is 1. The maximum atomic E-state index is 4.61. The number of rotatable bonds is 8. The highest BCUT2D eigenvalue weighted by Crippen LogP contribution is 2.27. The molecule has 2 aromatic rings. The average Bonchev–Trinajstić information content (AvgIpc) is 2.55. The van der Waals surface area contributed by atoms with Crippen molar-refractivity contribution in [2.45, 2.75) is 58.8 Å². The lowest BCUT2D eigenvalue weighted by Crippen LogP contribution is -1.95. The van der Waals surface area contributed by atoms with E-state index in [0.29, 0.717) is 0 Å². The number of halogens is 1. The second-order valence-electron chi connectivity index (χ2n) is 5.89. The van der Waals surface area contributed by atoms with E-state index in [1.54, 1.807) is 5.57 Å². The zero-order valence-corrected chi connectivity index (χ0v) is 15.3. The first-order valence-corrected chi connectivity index (χ1v) is 9.25. The highest BCUT2D eigenvalue weighted by Gasteiger charge is 2.07. The van der Waals surface area contributed by atoms with Gasteiger partial charge in [-0.1, -0.05) is 72.8 Å². The van der Waals surface area contributed by atoms with Crippen LogP contribution in [0.4, 0.5) is 0 Å². The second kappa shape index (κ2) is 9.09. The topological polar surface area (TPSA) is 12.9 Å². The summed E-state index contributed by atoms with van der Waals surface area (Å²) in [4.78, 5) is 4.61. The van der Waals surface area contributed by atoms with Crippen LogP contribution in [0.25, 0.3) is 10.9 Å². The van der Waals surface area contributed by atoms with E-state index in [0.717, 1.165) is 16.4 Å². The van der Waals surface area contributed by atoms with E-state index in [1.165, 1.54) is 49.5 Å². The quantitative estimate of drug-likeness (QED) is 0.371. The molecule has 0 atom stereocenters. The summed E-state index contributed by atoms with van der Waals surface area (Å²) in [5.41, 5.74) is 4.05. The fourth-order valence-corrected chi connectivity index (χ4v) is 3.21. The fraction of sp³-hybridized carbons (Fsp3) is 0.450. The van der Waals surface area contributed by atoms with Crippen molar-refractivity contribution in [2.75, 3.05) is 0 Å². The summed E-state index contributed by atoms with van der Waals surface area (Å²) in [7, 11) is 0. The smallest absolute Gasteiger partial charge is 0.0748 e. The minimum atomic E-state index is 1.03. The third kappa shape index (κ3) is 4.67. The molecule has 0 aliphatic rings. The molecule has 0 fully saturated rings. The molecular weight excluding hydrogens is 334 g/mol. The third-order valence-electron chi connectivity index (χ3n) is 4.06. The Morgan fingerprint density at radius 3 is 2.73 bits per heavy atom. The number of aromatic nitrogens is 1. The largest absolute Gasteiger partial charge is 0.256 e. The molecule has 1 nitrogen and oxygen atoms in total. The van der Waals surface area contributed by atoms with Crippen LogP contribution in [0, 0.1) is 0 Å². The van der Waals surface area contributed by atoms with Crippen molar-refractivity contribution in [2.24, 2.45) is 0 Å². The Morgan fingerprint density at radius 1 is 1.14 bits per heavy atom. The Labute approximate surface area is 143 Å². The highest BCUT2D eigenvalue weighted by molar-refractivity contribution is 9.10. The fourth-order valence-electron chi connectivity index (χ4n) is 2.76. The van der Waals surface area contributed by atoms with E-state index >= 15 is 0 Å². The van der Waals surface area contributed by atoms with Crippen molar-refractivity contribution < 1.29 is 0 Å². The molecule has 0 unspecified atom stereocenters. The van der Waals surface area contributed by atoms with Crippen LogP contribution in [0.2, 0.25) is 0 Å². The predicted molar refractivity (Wildman–Crippen MR) is 100 cm³/mol. The molecule has 0 amide bonds. The molecule has 1 aromatic carbocycles. The lowest BCUT2D eigenvalue weighted by molar-refractivity contribution is 0.754. The van der Waals surface area contributed by atoms with Crippen LogP contribution in [0.3, 0.4) is 0 Å². The number of hydrogen-bond donors (Lipinski definition) is 0. The van der Waals surface area contributed by atoms with Gasteiger partial charge in [-0.15, -0.1) is 0 Å². The van der Waals surface area contributed by atoms with Gasteiger partial charge in [0.1, 0.15) is 0 Å². The van der Waals surface area contributed by atoms with Crippen LogP contribution < -0.4 is 0 Å². The highest BCUT2D eigenvalue weighted by atomic mass is 79.9. The molecule has 22 heavy (non-hydrogen) atoms. The van der Waals surface area contributed by atoms with Crippen molar-refractivity contribution in [3.8, 4) is 0 Å². The summed E-state index contributed by atoms with van der Waals surface area (Å²) < 4.78 is 1.13. The van der Waals surface area contributed by atoms with Gasteiger partial charge in [-0.2, -0.15) is 0 Å². The summed E-state index contributed by atoms with van der Waals surface area (Å²) in [5, 5.41) is 1.21. The zero-order chi connectivity index (χ0) is 15.8. The molecule has 0 aliphatic heterocycles. The monoisotopic (exact) mass is 359 g/mol. The Bertz CT molecular complexity index is 631. The normalized spacial score (nSPS) is 12.0. The van der Waals surface area contributed by atoms with E-state index < -0.39 is 0 Å². The molecule has 0 saturated heterocycles. The number of nitrogens with zero attached hydrogens (tertiary/aromatic N) is 1. The Kier molecular flexibility index (Phi) is 7.11. The second-order valence-corrected chi connectivity index (χ2v) is 6.75. The first-order valence-electron chi connectivity index (χ1n) is 8.46. The molecule has 118 valence electrons. The predicted octanol–water partition coefficient (Wildman–Crippen LogP) is 6.85. The summed E-state index contributed by atoms with van der Waals surface area (Å²) in [5.74, 6) is 0. The standard InChI is InChI=1S/C20H26BrN/c1-3-5-7-10-16(9-6-4-2)15-17-12-13-19(21)18-11-8-14-22-20(17)18/h8,10-14H,3-7,9,15H2,1-2H3/b16-10+. The van der Waals surface area contributed by atoms with Crippen molar-refractivity contribution in [3.05, 3.63) is 52.1 Å². The number of benzene rings is 1. The van der Waals surface area contributed by atoms with Crippen molar-refractivity contribution >= 4 is 26.8 Å². The lowest BCUT2D eigenvalue weighted by atomic mass is 9.97. The van der Waals surface area contributed by atoms with Gasteiger partial charge in [0, 0.05) is 16.1 Å². The zero-order valence-electron chi connectivity index (χ0n) is 13.7. The van der Waals surface area contributed by atoms with Crippen LogP contribution in [0.15, 0.2) is 46.6 Å². The minimum absolute atomic E-state index is 1.03. The van der Waals surface area contributed by atoms with Gasteiger partial charge in [-0.05, 0) is 43.4 Å². The molecule has 2 heteroatoms. The Balaban J connectivity index is 2.25. The third-order valence-corrected chi connectivity index (χ3v) is 4.75. The van der Waals surface area contributed by atoms with E-state index in [9.17, 15) is 0 Å². The molecular formula is C20H26BrN. The van der Waals surface area contributed by atoms with E-state index in [-0.39, 0.29) is 0 Å². The molecule has 1 heterocycles. The Morgan fingerprint density at radius 2 is 1.95 bits per heavy atom. The molecule has 0 aliphatic carbocycles. The van der Waals surface area contributed by atoms with Crippen LogP contribution in [0.5, 0.6) is 0 Å². The van der Waals surface area contributed by atoms with Gasteiger partial charge in [0.25, 0.3) is 0 Å². The van der Waals surface area contributed by atoms with Gasteiger partial charge in [-0.25, -0.2) is 0 Å². The number of hydrogen-bond acceptors (Lipinski definition) is 1. The summed E-state index contributed by atoms with van der Waals surface area (Å²) in [6.07, 6.45) is 12.9. The number of fused-ring (bicyclic) bond motifs is 1. The maximum Gasteiger partial charge on any atom is 0.0748 e. The molecule has 0 radical (unpaired) electrons. The number of allylic oxidation sites excluding steroid dienone is 2. The minimum Gasteiger partial charge on any atom is -0.256 e. The summed E-state index contributed by atoms with van der Waals surface area (Å²) >= 11 is 3.64. The lowest BCUT2D eigenvalue weighted by Gasteiger charge is -2.11.